The van der Waals surface area contributed by atoms with E-state index in [1.54, 1.807) is 18.3 Å². The van der Waals surface area contributed by atoms with Gasteiger partial charge in [0.1, 0.15) is 17.3 Å². The average molecular weight is 298 g/mol. The molecule has 2 rings (SSSR count). The summed E-state index contributed by atoms with van der Waals surface area (Å²) in [5.41, 5.74) is 0.549. The highest BCUT2D eigenvalue weighted by Gasteiger charge is 2.05. The molecule has 0 aliphatic heterocycles. The van der Waals surface area contributed by atoms with E-state index >= 15 is 0 Å². The van der Waals surface area contributed by atoms with E-state index in [1.165, 1.54) is 18.3 Å². The first-order valence-corrected chi connectivity index (χ1v) is 5.66. The van der Waals surface area contributed by atoms with E-state index in [-0.39, 0.29) is 6.61 Å². The van der Waals surface area contributed by atoms with Crippen LogP contribution in [0.2, 0.25) is 0 Å². The lowest BCUT2D eigenvalue weighted by molar-refractivity contribution is 0.276. The molecule has 5 heteroatoms. The predicted octanol–water partition coefficient (Wildman–Crippen LogP) is 3.27. The number of pyridine rings is 1. The number of aromatic nitrogens is 1. The number of hydrogen-bond acceptors (Lipinski definition) is 3. The van der Waals surface area contributed by atoms with E-state index in [0.29, 0.717) is 21.5 Å². The number of halogens is 2. The van der Waals surface area contributed by atoms with E-state index in [9.17, 15) is 4.39 Å². The number of ether oxygens (including phenoxy) is 1. The highest BCUT2D eigenvalue weighted by atomic mass is 79.9. The molecule has 1 N–H and O–H groups in total. The first-order chi connectivity index (χ1) is 8.19. The molecule has 1 aromatic heterocycles. The topological polar surface area (TPSA) is 42.4 Å². The van der Waals surface area contributed by atoms with Crippen LogP contribution in [0.15, 0.2) is 41.1 Å². The van der Waals surface area contributed by atoms with Crippen molar-refractivity contribution in [3.63, 3.8) is 0 Å². The van der Waals surface area contributed by atoms with Crippen molar-refractivity contribution in [2.24, 2.45) is 0 Å². The van der Waals surface area contributed by atoms with Crippen molar-refractivity contribution in [3.05, 3.63) is 52.5 Å². The molecule has 88 valence electrons. The van der Waals surface area contributed by atoms with Gasteiger partial charge in [-0.05, 0) is 18.2 Å². The van der Waals surface area contributed by atoms with Crippen molar-refractivity contribution in [2.45, 2.75) is 6.61 Å². The highest BCUT2D eigenvalue weighted by molar-refractivity contribution is 9.10. The van der Waals surface area contributed by atoms with Crippen LogP contribution in [0.4, 0.5) is 4.39 Å². The Morgan fingerprint density at radius 1 is 1.35 bits per heavy atom. The third-order valence-corrected chi connectivity index (χ3v) is 2.55. The Labute approximate surface area is 106 Å². The lowest BCUT2D eigenvalue weighted by Gasteiger charge is -2.09. The molecule has 0 unspecified atom stereocenters. The summed E-state index contributed by atoms with van der Waals surface area (Å²) < 4.78 is 19.2. The third kappa shape index (κ3) is 3.01. The number of nitrogens with zero attached hydrogens (tertiary/aromatic N) is 1. The standard InChI is InChI=1S/C12H9BrFNO2/c13-9-3-10(14)5-11(4-9)17-12-1-2-15-6-8(12)7-16/h1-6,16H,7H2. The van der Waals surface area contributed by atoms with Crippen molar-refractivity contribution in [1.82, 2.24) is 4.98 Å². The minimum atomic E-state index is -0.394. The smallest absolute Gasteiger partial charge is 0.136 e. The van der Waals surface area contributed by atoms with Crippen molar-refractivity contribution in [3.8, 4) is 11.5 Å². The molecule has 1 heterocycles. The van der Waals surface area contributed by atoms with Gasteiger partial charge in [0.2, 0.25) is 0 Å². The summed E-state index contributed by atoms with van der Waals surface area (Å²) in [4.78, 5) is 3.87. The molecule has 0 amide bonds. The zero-order valence-electron chi connectivity index (χ0n) is 8.73. The molecular formula is C12H9BrFNO2. The number of hydrogen-bond donors (Lipinski definition) is 1. The molecule has 0 saturated carbocycles. The Kier molecular flexibility index (Phi) is 3.71. The molecule has 3 nitrogen and oxygen atoms in total. The minimum Gasteiger partial charge on any atom is -0.457 e. The Bertz CT molecular complexity index is 513. The van der Waals surface area contributed by atoms with Crippen molar-refractivity contribution in [2.75, 3.05) is 0 Å². The van der Waals surface area contributed by atoms with Crippen molar-refractivity contribution in [1.29, 1.82) is 0 Å². The van der Waals surface area contributed by atoms with Crippen LogP contribution in [-0.2, 0) is 6.61 Å². The van der Waals surface area contributed by atoms with Gasteiger partial charge in [-0.2, -0.15) is 0 Å². The zero-order chi connectivity index (χ0) is 12.3. The number of rotatable bonds is 3. The molecule has 0 spiro atoms. The summed E-state index contributed by atoms with van der Waals surface area (Å²) in [5.74, 6) is 0.423. The summed E-state index contributed by atoms with van der Waals surface area (Å²) >= 11 is 3.18. The summed E-state index contributed by atoms with van der Waals surface area (Å²) in [7, 11) is 0. The summed E-state index contributed by atoms with van der Waals surface area (Å²) in [5, 5.41) is 9.10. The van der Waals surface area contributed by atoms with Crippen LogP contribution in [-0.4, -0.2) is 10.1 Å². The van der Waals surface area contributed by atoms with Gasteiger partial charge in [-0.3, -0.25) is 4.98 Å². The molecule has 0 aliphatic rings. The van der Waals surface area contributed by atoms with Crippen LogP contribution in [0.25, 0.3) is 0 Å². The number of aliphatic hydroxyl groups excluding tert-OH is 1. The van der Waals surface area contributed by atoms with Gasteiger partial charge in [0.15, 0.2) is 0 Å². The Morgan fingerprint density at radius 2 is 2.18 bits per heavy atom. The summed E-state index contributed by atoms with van der Waals surface area (Å²) in [6, 6.07) is 5.87. The van der Waals surface area contributed by atoms with E-state index in [4.69, 9.17) is 9.84 Å². The van der Waals surface area contributed by atoms with E-state index in [1.807, 2.05) is 0 Å². The van der Waals surface area contributed by atoms with Gasteiger partial charge in [0, 0.05) is 28.5 Å². The molecule has 0 radical (unpaired) electrons. The van der Waals surface area contributed by atoms with E-state index in [2.05, 4.69) is 20.9 Å². The summed E-state index contributed by atoms with van der Waals surface area (Å²) in [6.45, 7) is -0.181. The van der Waals surface area contributed by atoms with Gasteiger partial charge in [-0.15, -0.1) is 0 Å². The normalized spacial score (nSPS) is 10.3. The highest BCUT2D eigenvalue weighted by Crippen LogP contribution is 2.27. The van der Waals surface area contributed by atoms with Gasteiger partial charge >= 0.3 is 0 Å². The van der Waals surface area contributed by atoms with Crippen molar-refractivity contribution >= 4 is 15.9 Å². The average Bonchev–Trinajstić information content (AvgIpc) is 2.28. The Morgan fingerprint density at radius 3 is 2.88 bits per heavy atom. The maximum absolute atomic E-state index is 13.1. The molecule has 1 aromatic carbocycles. The molecule has 0 saturated heterocycles. The second-order valence-electron chi connectivity index (χ2n) is 3.35. The molecule has 0 bridgehead atoms. The predicted molar refractivity (Wildman–Crippen MR) is 64.3 cm³/mol. The minimum absolute atomic E-state index is 0.181. The number of benzene rings is 1. The number of aliphatic hydroxyl groups is 1. The Balaban J connectivity index is 2.31. The molecule has 2 aromatic rings. The van der Waals surface area contributed by atoms with Crippen molar-refractivity contribution < 1.29 is 14.2 Å². The second kappa shape index (κ2) is 5.25. The van der Waals surface area contributed by atoms with Gasteiger partial charge < -0.3 is 9.84 Å². The third-order valence-electron chi connectivity index (χ3n) is 2.09. The lowest BCUT2D eigenvalue weighted by atomic mass is 10.2. The molecule has 0 atom stereocenters. The fraction of sp³-hybridized carbons (Fsp3) is 0.0833. The largest absolute Gasteiger partial charge is 0.457 e. The van der Waals surface area contributed by atoms with Crippen LogP contribution < -0.4 is 4.74 Å². The lowest BCUT2D eigenvalue weighted by Crippen LogP contribution is -1.93. The van der Waals surface area contributed by atoms with E-state index in [0.717, 1.165) is 0 Å². The van der Waals surface area contributed by atoms with Crippen LogP contribution in [0, 0.1) is 5.82 Å². The molecule has 0 fully saturated rings. The van der Waals surface area contributed by atoms with Gasteiger partial charge in [0.05, 0.1) is 6.61 Å². The first kappa shape index (κ1) is 12.0. The van der Waals surface area contributed by atoms with Gasteiger partial charge in [0.25, 0.3) is 0 Å². The second-order valence-corrected chi connectivity index (χ2v) is 4.26. The monoisotopic (exact) mass is 297 g/mol. The van der Waals surface area contributed by atoms with Crippen LogP contribution >= 0.6 is 15.9 Å². The fourth-order valence-electron chi connectivity index (χ4n) is 1.35. The SMILES string of the molecule is OCc1cnccc1Oc1cc(F)cc(Br)c1. The first-order valence-electron chi connectivity index (χ1n) is 4.87. The molecule has 17 heavy (non-hydrogen) atoms. The summed E-state index contributed by atoms with van der Waals surface area (Å²) in [6.07, 6.45) is 3.05. The molecular weight excluding hydrogens is 289 g/mol. The Hall–Kier alpha value is -1.46. The molecule has 0 aliphatic carbocycles. The zero-order valence-corrected chi connectivity index (χ0v) is 10.3. The quantitative estimate of drug-likeness (QED) is 0.945. The maximum atomic E-state index is 13.1. The fourth-order valence-corrected chi connectivity index (χ4v) is 1.79. The van der Waals surface area contributed by atoms with Crippen LogP contribution in [0.3, 0.4) is 0 Å². The van der Waals surface area contributed by atoms with Gasteiger partial charge in [-0.1, -0.05) is 15.9 Å². The van der Waals surface area contributed by atoms with Crippen LogP contribution in [0.1, 0.15) is 5.56 Å². The maximum Gasteiger partial charge on any atom is 0.136 e. The van der Waals surface area contributed by atoms with Gasteiger partial charge in [-0.25, -0.2) is 4.39 Å². The van der Waals surface area contributed by atoms with Crippen LogP contribution in [0.5, 0.6) is 11.5 Å². The van der Waals surface area contributed by atoms with E-state index < -0.39 is 5.82 Å².